The van der Waals surface area contributed by atoms with Crippen LogP contribution in [0.15, 0.2) is 87.8 Å². The summed E-state index contributed by atoms with van der Waals surface area (Å²) in [5, 5.41) is 14.2. The molecule has 1 amide bonds. The smallest absolute Gasteiger partial charge is 0.335 e. The van der Waals surface area contributed by atoms with Crippen LogP contribution in [0.25, 0.3) is 16.6 Å². The summed E-state index contributed by atoms with van der Waals surface area (Å²) in [6.45, 7) is 0. The van der Waals surface area contributed by atoms with Crippen LogP contribution in [0.5, 0.6) is 0 Å². The first-order valence-electron chi connectivity index (χ1n) is 9.98. The number of thioether (sulfide) groups is 1. The molecule has 4 rings (SSSR count). The first kappa shape index (κ1) is 23.2. The number of carboxylic acid groups (broad SMARTS) is 1. The number of nitrogens with one attached hydrogen (secondary N) is 1. The SMILES string of the molecule is O=C(CSc1nc2ccccc2c(=O)n1-c1ccc(Cl)cc1)NN=Cc1ccc(C(=O)O)cc1. The van der Waals surface area contributed by atoms with Gasteiger partial charge in [-0.2, -0.15) is 5.10 Å². The molecule has 170 valence electrons. The van der Waals surface area contributed by atoms with Crippen LogP contribution in [-0.2, 0) is 4.79 Å². The number of rotatable bonds is 7. The summed E-state index contributed by atoms with van der Waals surface area (Å²) in [4.78, 5) is 41.0. The van der Waals surface area contributed by atoms with Crippen LogP contribution in [0.2, 0.25) is 5.02 Å². The molecule has 0 unspecified atom stereocenters. The third-order valence-electron chi connectivity index (χ3n) is 4.72. The number of halogens is 1. The second kappa shape index (κ2) is 10.3. The summed E-state index contributed by atoms with van der Waals surface area (Å²) in [5.74, 6) is -1.45. The number of carboxylic acids is 1. The fraction of sp³-hybridized carbons (Fsp3) is 0.0417. The molecule has 0 aliphatic rings. The van der Waals surface area contributed by atoms with Gasteiger partial charge in [0.25, 0.3) is 11.5 Å². The number of hydrogen-bond acceptors (Lipinski definition) is 6. The van der Waals surface area contributed by atoms with Crippen molar-refractivity contribution >= 4 is 52.4 Å². The van der Waals surface area contributed by atoms with Crippen molar-refractivity contribution in [3.05, 3.63) is 99.3 Å². The van der Waals surface area contributed by atoms with E-state index < -0.39 is 11.9 Å². The maximum absolute atomic E-state index is 13.2. The first-order valence-corrected chi connectivity index (χ1v) is 11.3. The van der Waals surface area contributed by atoms with E-state index in [2.05, 4.69) is 15.5 Å². The third-order valence-corrected chi connectivity index (χ3v) is 5.91. The van der Waals surface area contributed by atoms with Gasteiger partial charge < -0.3 is 5.11 Å². The molecule has 3 aromatic carbocycles. The monoisotopic (exact) mass is 492 g/mol. The summed E-state index contributed by atoms with van der Waals surface area (Å²) in [6.07, 6.45) is 1.41. The van der Waals surface area contributed by atoms with E-state index in [9.17, 15) is 14.4 Å². The van der Waals surface area contributed by atoms with Crippen molar-refractivity contribution in [1.29, 1.82) is 0 Å². The molecule has 0 spiro atoms. The number of nitrogens with zero attached hydrogens (tertiary/aromatic N) is 3. The Morgan fingerprint density at radius 1 is 1.06 bits per heavy atom. The summed E-state index contributed by atoms with van der Waals surface area (Å²) in [7, 11) is 0. The van der Waals surface area contributed by atoms with E-state index in [0.29, 0.717) is 32.3 Å². The van der Waals surface area contributed by atoms with Gasteiger partial charge in [0.15, 0.2) is 5.16 Å². The minimum Gasteiger partial charge on any atom is -0.478 e. The quantitative estimate of drug-likeness (QED) is 0.174. The first-order chi connectivity index (χ1) is 16.4. The number of hydrazone groups is 1. The standard InChI is InChI=1S/C24H17ClN4O4S/c25-17-9-11-18(12-10-17)29-22(31)19-3-1-2-4-20(19)27-24(29)34-14-21(30)28-26-13-15-5-7-16(8-6-15)23(32)33/h1-13H,14H2,(H,28,30)(H,32,33). The molecule has 0 fully saturated rings. The van der Waals surface area contributed by atoms with Crippen LogP contribution < -0.4 is 11.0 Å². The normalized spacial score (nSPS) is 11.1. The Bertz CT molecular complexity index is 1450. The van der Waals surface area contributed by atoms with E-state index in [4.69, 9.17) is 16.7 Å². The molecule has 1 aromatic heterocycles. The van der Waals surface area contributed by atoms with Gasteiger partial charge in [0.1, 0.15) is 0 Å². The number of carbonyl (C=O) groups excluding carboxylic acids is 1. The molecule has 0 atom stereocenters. The number of para-hydroxylation sites is 1. The number of benzene rings is 3. The number of aromatic nitrogens is 2. The van der Waals surface area contributed by atoms with Crippen molar-refractivity contribution in [2.45, 2.75) is 5.16 Å². The lowest BCUT2D eigenvalue weighted by molar-refractivity contribution is -0.118. The minimum absolute atomic E-state index is 0.0341. The molecule has 2 N–H and O–H groups in total. The maximum Gasteiger partial charge on any atom is 0.335 e. The highest BCUT2D eigenvalue weighted by molar-refractivity contribution is 7.99. The predicted octanol–water partition coefficient (Wildman–Crippen LogP) is 3.98. The molecule has 4 aromatic rings. The highest BCUT2D eigenvalue weighted by Gasteiger charge is 2.14. The molecule has 1 heterocycles. The van der Waals surface area contributed by atoms with E-state index in [1.807, 2.05) is 0 Å². The number of carbonyl (C=O) groups is 2. The van der Waals surface area contributed by atoms with Crippen LogP contribution in [0.4, 0.5) is 0 Å². The molecule has 10 heteroatoms. The van der Waals surface area contributed by atoms with Crippen molar-refractivity contribution in [3.8, 4) is 5.69 Å². The lowest BCUT2D eigenvalue weighted by atomic mass is 10.1. The summed E-state index contributed by atoms with van der Waals surface area (Å²) < 4.78 is 1.45. The van der Waals surface area contributed by atoms with Gasteiger partial charge in [-0.15, -0.1) is 0 Å². The van der Waals surface area contributed by atoms with Crippen LogP contribution in [0, 0.1) is 0 Å². The Hall–Kier alpha value is -3.95. The average Bonchev–Trinajstić information content (AvgIpc) is 2.84. The molecule has 8 nitrogen and oxygen atoms in total. The summed E-state index contributed by atoms with van der Waals surface area (Å²) >= 11 is 7.09. The molecular formula is C24H17ClN4O4S. The van der Waals surface area contributed by atoms with Crippen molar-refractivity contribution in [2.75, 3.05) is 5.75 Å². The minimum atomic E-state index is -1.02. The largest absolute Gasteiger partial charge is 0.478 e. The summed E-state index contributed by atoms with van der Waals surface area (Å²) in [5.41, 5.74) is 4.07. The Kier molecular flexibility index (Phi) is 7.05. The zero-order valence-electron chi connectivity index (χ0n) is 17.5. The zero-order valence-corrected chi connectivity index (χ0v) is 19.1. The predicted molar refractivity (Wildman–Crippen MR) is 132 cm³/mol. The highest BCUT2D eigenvalue weighted by atomic mass is 35.5. The number of aromatic carboxylic acids is 1. The third kappa shape index (κ3) is 5.33. The summed E-state index contributed by atoms with van der Waals surface area (Å²) in [6, 6.07) is 19.8. The fourth-order valence-corrected chi connectivity index (χ4v) is 4.01. The molecular weight excluding hydrogens is 476 g/mol. The van der Waals surface area contributed by atoms with E-state index >= 15 is 0 Å². The molecule has 0 aliphatic heterocycles. The van der Waals surface area contributed by atoms with Crippen LogP contribution in [-0.4, -0.2) is 38.5 Å². The van der Waals surface area contributed by atoms with Crippen molar-refractivity contribution in [3.63, 3.8) is 0 Å². The van der Waals surface area contributed by atoms with Crippen LogP contribution >= 0.6 is 23.4 Å². The Balaban J connectivity index is 1.51. The fourth-order valence-electron chi connectivity index (χ4n) is 3.08. The molecule has 0 saturated heterocycles. The molecule has 34 heavy (non-hydrogen) atoms. The van der Waals surface area contributed by atoms with Gasteiger partial charge in [-0.3, -0.25) is 14.2 Å². The second-order valence-electron chi connectivity index (χ2n) is 7.04. The van der Waals surface area contributed by atoms with Crippen molar-refractivity contribution in [2.24, 2.45) is 5.10 Å². The van der Waals surface area contributed by atoms with Crippen molar-refractivity contribution < 1.29 is 14.7 Å². The van der Waals surface area contributed by atoms with Gasteiger partial charge in [0.2, 0.25) is 0 Å². The molecule has 0 radical (unpaired) electrons. The van der Waals surface area contributed by atoms with E-state index in [1.165, 1.54) is 22.9 Å². The van der Waals surface area contributed by atoms with Gasteiger partial charge in [-0.05, 0) is 54.1 Å². The topological polar surface area (TPSA) is 114 Å². The van der Waals surface area contributed by atoms with Gasteiger partial charge in [-0.25, -0.2) is 15.2 Å². The van der Waals surface area contributed by atoms with Gasteiger partial charge in [0.05, 0.1) is 34.1 Å². The van der Waals surface area contributed by atoms with Gasteiger partial charge in [0, 0.05) is 5.02 Å². The lowest BCUT2D eigenvalue weighted by Gasteiger charge is -2.13. The Morgan fingerprint density at radius 2 is 1.76 bits per heavy atom. The average molecular weight is 493 g/mol. The van der Waals surface area contributed by atoms with E-state index in [1.54, 1.807) is 60.7 Å². The maximum atomic E-state index is 13.2. The molecule has 0 saturated carbocycles. The van der Waals surface area contributed by atoms with Gasteiger partial charge in [-0.1, -0.05) is 47.6 Å². The van der Waals surface area contributed by atoms with Gasteiger partial charge >= 0.3 is 5.97 Å². The Morgan fingerprint density at radius 3 is 2.47 bits per heavy atom. The van der Waals surface area contributed by atoms with E-state index in [0.717, 1.165) is 11.8 Å². The highest BCUT2D eigenvalue weighted by Crippen LogP contribution is 2.22. The lowest BCUT2D eigenvalue weighted by Crippen LogP contribution is -2.24. The van der Waals surface area contributed by atoms with Crippen LogP contribution in [0.3, 0.4) is 0 Å². The molecule has 0 aliphatic carbocycles. The second-order valence-corrected chi connectivity index (χ2v) is 8.42. The molecule has 0 bridgehead atoms. The number of fused-ring (bicyclic) bond motifs is 1. The number of hydrogen-bond donors (Lipinski definition) is 2. The van der Waals surface area contributed by atoms with Crippen LogP contribution in [0.1, 0.15) is 15.9 Å². The van der Waals surface area contributed by atoms with Crippen molar-refractivity contribution in [1.82, 2.24) is 15.0 Å². The van der Waals surface area contributed by atoms with E-state index in [-0.39, 0.29) is 16.9 Å². The zero-order chi connectivity index (χ0) is 24.1. The Labute approximate surface area is 202 Å². The number of amides is 1.